The van der Waals surface area contributed by atoms with Crippen molar-refractivity contribution >= 4 is 5.91 Å². The Labute approximate surface area is 147 Å². The average Bonchev–Trinajstić information content (AvgIpc) is 3.21. The molecule has 1 saturated heterocycles. The number of halogens is 1. The number of carbonyl (C=O) groups is 1. The SMILES string of the molecule is CC(C)C[C@H]1CCN(C(=O)c2cc(COc3cccc(F)c3)[nH]n2)C1. The van der Waals surface area contributed by atoms with E-state index in [2.05, 4.69) is 24.0 Å². The quantitative estimate of drug-likeness (QED) is 0.870. The van der Waals surface area contributed by atoms with Crippen molar-refractivity contribution in [2.45, 2.75) is 33.3 Å². The van der Waals surface area contributed by atoms with Gasteiger partial charge in [0.2, 0.25) is 0 Å². The van der Waals surface area contributed by atoms with Gasteiger partial charge in [0.25, 0.3) is 5.91 Å². The molecule has 2 aromatic rings. The summed E-state index contributed by atoms with van der Waals surface area (Å²) >= 11 is 0. The molecule has 0 radical (unpaired) electrons. The van der Waals surface area contributed by atoms with E-state index in [1.807, 2.05) is 4.90 Å². The van der Waals surface area contributed by atoms with E-state index in [1.54, 1.807) is 18.2 Å². The third-order valence-electron chi connectivity index (χ3n) is 4.42. The molecule has 6 heteroatoms. The first kappa shape index (κ1) is 17.5. The normalized spacial score (nSPS) is 17.3. The second-order valence-electron chi connectivity index (χ2n) is 7.06. The van der Waals surface area contributed by atoms with Gasteiger partial charge in [-0.05, 0) is 42.9 Å². The Morgan fingerprint density at radius 1 is 1.44 bits per heavy atom. The van der Waals surface area contributed by atoms with Crippen LogP contribution in [0.3, 0.4) is 0 Å². The summed E-state index contributed by atoms with van der Waals surface area (Å²) in [4.78, 5) is 14.4. The number of ether oxygens (including phenoxy) is 1. The third-order valence-corrected chi connectivity index (χ3v) is 4.42. The van der Waals surface area contributed by atoms with Crippen molar-refractivity contribution in [1.29, 1.82) is 0 Å². The molecule has 2 heterocycles. The number of hydrogen-bond acceptors (Lipinski definition) is 3. The molecule has 1 atom stereocenters. The molecule has 25 heavy (non-hydrogen) atoms. The number of likely N-dealkylation sites (tertiary alicyclic amines) is 1. The van der Waals surface area contributed by atoms with Crippen LogP contribution in [0, 0.1) is 17.7 Å². The van der Waals surface area contributed by atoms with Gasteiger partial charge in [-0.3, -0.25) is 9.89 Å². The zero-order valence-electron chi connectivity index (χ0n) is 14.7. The van der Waals surface area contributed by atoms with Crippen LogP contribution in [-0.4, -0.2) is 34.1 Å². The van der Waals surface area contributed by atoms with Crippen molar-refractivity contribution < 1.29 is 13.9 Å². The molecule has 0 aliphatic carbocycles. The molecule has 1 aromatic carbocycles. The number of nitrogens with zero attached hydrogens (tertiary/aromatic N) is 2. The van der Waals surface area contributed by atoms with Gasteiger partial charge >= 0.3 is 0 Å². The second kappa shape index (κ2) is 7.68. The number of aromatic amines is 1. The van der Waals surface area contributed by atoms with Crippen LogP contribution in [0.2, 0.25) is 0 Å². The summed E-state index contributed by atoms with van der Waals surface area (Å²) in [5.74, 6) is 1.29. The predicted octanol–water partition coefficient (Wildman–Crippen LogP) is 3.64. The molecule has 1 amide bonds. The van der Waals surface area contributed by atoms with Crippen LogP contribution < -0.4 is 4.74 Å². The van der Waals surface area contributed by atoms with E-state index in [0.717, 1.165) is 25.9 Å². The highest BCUT2D eigenvalue weighted by Crippen LogP contribution is 2.24. The molecule has 1 N–H and O–H groups in total. The maximum atomic E-state index is 13.1. The number of rotatable bonds is 6. The lowest BCUT2D eigenvalue weighted by Gasteiger charge is -2.16. The summed E-state index contributed by atoms with van der Waals surface area (Å²) in [6, 6.07) is 7.67. The van der Waals surface area contributed by atoms with Crippen molar-refractivity contribution in [3.05, 3.63) is 47.5 Å². The molecule has 0 unspecified atom stereocenters. The van der Waals surface area contributed by atoms with Gasteiger partial charge in [-0.2, -0.15) is 5.10 Å². The van der Waals surface area contributed by atoms with E-state index in [9.17, 15) is 9.18 Å². The molecule has 0 spiro atoms. The van der Waals surface area contributed by atoms with Crippen LogP contribution in [-0.2, 0) is 6.61 Å². The van der Waals surface area contributed by atoms with Crippen LogP contribution >= 0.6 is 0 Å². The van der Waals surface area contributed by atoms with Crippen molar-refractivity contribution in [2.24, 2.45) is 11.8 Å². The fourth-order valence-electron chi connectivity index (χ4n) is 3.30. The monoisotopic (exact) mass is 345 g/mol. The molecular formula is C19H24FN3O2. The molecule has 1 fully saturated rings. The highest BCUT2D eigenvalue weighted by atomic mass is 19.1. The summed E-state index contributed by atoms with van der Waals surface area (Å²) in [7, 11) is 0. The van der Waals surface area contributed by atoms with Gasteiger partial charge in [-0.25, -0.2) is 4.39 Å². The van der Waals surface area contributed by atoms with Crippen molar-refractivity contribution in [2.75, 3.05) is 13.1 Å². The predicted molar refractivity (Wildman–Crippen MR) is 92.8 cm³/mol. The lowest BCUT2D eigenvalue weighted by molar-refractivity contribution is 0.0779. The summed E-state index contributed by atoms with van der Waals surface area (Å²) in [6.45, 7) is 6.23. The molecule has 5 nitrogen and oxygen atoms in total. The topological polar surface area (TPSA) is 58.2 Å². The molecule has 1 aliphatic rings. The largest absolute Gasteiger partial charge is 0.487 e. The van der Waals surface area contributed by atoms with Crippen LogP contribution in [0.25, 0.3) is 0 Å². The maximum absolute atomic E-state index is 13.1. The summed E-state index contributed by atoms with van der Waals surface area (Å²) < 4.78 is 18.7. The summed E-state index contributed by atoms with van der Waals surface area (Å²) in [6.07, 6.45) is 2.21. The number of benzene rings is 1. The number of hydrogen-bond donors (Lipinski definition) is 1. The molecule has 0 saturated carbocycles. The van der Waals surface area contributed by atoms with E-state index >= 15 is 0 Å². The zero-order valence-corrected chi connectivity index (χ0v) is 14.7. The Kier molecular flexibility index (Phi) is 5.36. The number of aromatic nitrogens is 2. The minimum Gasteiger partial charge on any atom is -0.487 e. The lowest BCUT2D eigenvalue weighted by atomic mass is 9.97. The van der Waals surface area contributed by atoms with Gasteiger partial charge in [0.05, 0.1) is 5.69 Å². The Balaban J connectivity index is 1.55. The molecule has 0 bridgehead atoms. The van der Waals surface area contributed by atoms with E-state index in [1.165, 1.54) is 12.1 Å². The average molecular weight is 345 g/mol. The first-order chi connectivity index (χ1) is 12.0. The Bertz CT molecular complexity index is 729. The summed E-state index contributed by atoms with van der Waals surface area (Å²) in [5.41, 5.74) is 1.09. The highest BCUT2D eigenvalue weighted by molar-refractivity contribution is 5.92. The standard InChI is InChI=1S/C19H24FN3O2/c1-13(2)8-14-6-7-23(11-14)19(24)18-10-16(21-22-18)12-25-17-5-3-4-15(20)9-17/h3-5,9-10,13-14H,6-8,11-12H2,1-2H3,(H,21,22)/t14-/m1/s1. The highest BCUT2D eigenvalue weighted by Gasteiger charge is 2.28. The Morgan fingerprint density at radius 2 is 2.28 bits per heavy atom. The minimum atomic E-state index is -0.344. The van der Waals surface area contributed by atoms with E-state index in [-0.39, 0.29) is 18.3 Å². The smallest absolute Gasteiger partial charge is 0.274 e. The lowest BCUT2D eigenvalue weighted by Crippen LogP contribution is -2.29. The van der Waals surface area contributed by atoms with Gasteiger partial charge in [0.15, 0.2) is 5.69 Å². The van der Waals surface area contributed by atoms with Gasteiger partial charge < -0.3 is 9.64 Å². The van der Waals surface area contributed by atoms with Gasteiger partial charge in [-0.15, -0.1) is 0 Å². The van der Waals surface area contributed by atoms with Crippen LogP contribution in [0.5, 0.6) is 5.75 Å². The van der Waals surface area contributed by atoms with Crippen LogP contribution in [0.1, 0.15) is 42.9 Å². The fourth-order valence-corrected chi connectivity index (χ4v) is 3.30. The summed E-state index contributed by atoms with van der Waals surface area (Å²) in [5, 5.41) is 6.93. The van der Waals surface area contributed by atoms with Crippen molar-refractivity contribution in [3.8, 4) is 5.75 Å². The third kappa shape index (κ3) is 4.59. The van der Waals surface area contributed by atoms with Gasteiger partial charge in [0.1, 0.15) is 18.2 Å². The van der Waals surface area contributed by atoms with Crippen molar-refractivity contribution in [3.63, 3.8) is 0 Å². The first-order valence-electron chi connectivity index (χ1n) is 8.73. The van der Waals surface area contributed by atoms with E-state index in [0.29, 0.717) is 29.0 Å². The molecule has 1 aromatic heterocycles. The number of amides is 1. The Hall–Kier alpha value is -2.37. The van der Waals surface area contributed by atoms with Crippen molar-refractivity contribution in [1.82, 2.24) is 15.1 Å². The number of H-pyrrole nitrogens is 1. The maximum Gasteiger partial charge on any atom is 0.274 e. The molecule has 3 rings (SSSR count). The fraction of sp³-hybridized carbons (Fsp3) is 0.474. The molecule has 134 valence electrons. The molecule has 1 aliphatic heterocycles. The first-order valence-corrected chi connectivity index (χ1v) is 8.73. The number of nitrogens with one attached hydrogen (secondary N) is 1. The minimum absolute atomic E-state index is 0.0421. The van der Waals surface area contributed by atoms with Crippen LogP contribution in [0.15, 0.2) is 30.3 Å². The van der Waals surface area contributed by atoms with Gasteiger partial charge in [0, 0.05) is 19.2 Å². The van der Waals surface area contributed by atoms with E-state index in [4.69, 9.17) is 4.74 Å². The Morgan fingerprint density at radius 3 is 3.04 bits per heavy atom. The number of carbonyl (C=O) groups excluding carboxylic acids is 1. The van der Waals surface area contributed by atoms with Gasteiger partial charge in [-0.1, -0.05) is 19.9 Å². The van der Waals surface area contributed by atoms with E-state index < -0.39 is 0 Å². The zero-order chi connectivity index (χ0) is 17.8. The van der Waals surface area contributed by atoms with Crippen LogP contribution in [0.4, 0.5) is 4.39 Å². The molecular weight excluding hydrogens is 321 g/mol. The second-order valence-corrected chi connectivity index (χ2v) is 7.06.